The van der Waals surface area contributed by atoms with Gasteiger partial charge in [-0.05, 0) is 47.8 Å². The average Bonchev–Trinajstić information content (AvgIpc) is 3.13. The van der Waals surface area contributed by atoms with E-state index in [1.54, 1.807) is 18.2 Å². The number of allylic oxidation sites excluding steroid dienone is 8. The lowest BCUT2D eigenvalue weighted by atomic mass is 9.68. The highest BCUT2D eigenvalue weighted by molar-refractivity contribution is 6.13. The van der Waals surface area contributed by atoms with Gasteiger partial charge in [-0.25, -0.2) is 0 Å². The van der Waals surface area contributed by atoms with E-state index >= 15 is 0 Å². The topological polar surface area (TPSA) is 46.5 Å². The van der Waals surface area contributed by atoms with E-state index in [0.29, 0.717) is 18.8 Å². The highest BCUT2D eigenvalue weighted by Crippen LogP contribution is 2.54. The molecule has 4 rings (SSSR count). The molecule has 2 aromatic carbocycles. The fraction of sp³-hybridized carbons (Fsp3) is 0.167. The van der Waals surface area contributed by atoms with Crippen LogP contribution in [0.1, 0.15) is 23.1 Å². The van der Waals surface area contributed by atoms with E-state index in [2.05, 4.69) is 37.8 Å². The van der Waals surface area contributed by atoms with Crippen molar-refractivity contribution in [2.75, 3.05) is 13.2 Å². The summed E-state index contributed by atoms with van der Waals surface area (Å²) < 4.78 is 5.94. The number of ketones is 1. The lowest BCUT2D eigenvalue weighted by molar-refractivity contribution is -0.118. The zero-order chi connectivity index (χ0) is 23.3. The Morgan fingerprint density at radius 1 is 1.06 bits per heavy atom. The maximum absolute atomic E-state index is 13.6. The number of hydrogen-bond acceptors (Lipinski definition) is 3. The Morgan fingerprint density at radius 2 is 1.85 bits per heavy atom. The zero-order valence-electron chi connectivity index (χ0n) is 18.8. The quantitative estimate of drug-likeness (QED) is 0.514. The van der Waals surface area contributed by atoms with E-state index in [9.17, 15) is 9.90 Å². The van der Waals surface area contributed by atoms with Gasteiger partial charge in [-0.2, -0.15) is 0 Å². The lowest BCUT2D eigenvalue weighted by Crippen LogP contribution is -2.31. The molecule has 33 heavy (non-hydrogen) atoms. The number of para-hydroxylation sites is 1. The van der Waals surface area contributed by atoms with Gasteiger partial charge in [0.25, 0.3) is 0 Å². The molecular formula is C30H28O3. The summed E-state index contributed by atoms with van der Waals surface area (Å²) in [4.78, 5) is 13.6. The second kappa shape index (κ2) is 9.85. The van der Waals surface area contributed by atoms with Crippen molar-refractivity contribution in [3.8, 4) is 5.75 Å². The summed E-state index contributed by atoms with van der Waals surface area (Å²) in [5, 5.41) is 9.80. The number of benzene rings is 2. The van der Waals surface area contributed by atoms with E-state index in [1.165, 1.54) is 5.56 Å². The van der Waals surface area contributed by atoms with Gasteiger partial charge in [-0.1, -0.05) is 97.1 Å². The predicted molar refractivity (Wildman–Crippen MR) is 135 cm³/mol. The van der Waals surface area contributed by atoms with Crippen LogP contribution in [0.25, 0.3) is 11.6 Å². The van der Waals surface area contributed by atoms with Crippen molar-refractivity contribution in [3.05, 3.63) is 125 Å². The minimum absolute atomic E-state index is 0.000575. The van der Waals surface area contributed by atoms with E-state index in [0.717, 1.165) is 27.8 Å². The molecule has 0 saturated heterocycles. The minimum atomic E-state index is -0.964. The number of hydrogen-bond donors (Lipinski definition) is 1. The van der Waals surface area contributed by atoms with E-state index in [-0.39, 0.29) is 12.4 Å². The number of aliphatic hydroxyl groups excluding tert-OH is 1. The third-order valence-corrected chi connectivity index (χ3v) is 6.04. The summed E-state index contributed by atoms with van der Waals surface area (Å²) in [6.45, 7) is 6.18. The number of carbonyl (C=O) groups is 1. The third kappa shape index (κ3) is 4.33. The van der Waals surface area contributed by atoms with E-state index in [1.807, 2.05) is 54.6 Å². The second-order valence-corrected chi connectivity index (χ2v) is 8.20. The van der Waals surface area contributed by atoms with Gasteiger partial charge in [0.1, 0.15) is 17.8 Å². The van der Waals surface area contributed by atoms with Crippen LogP contribution in [0.2, 0.25) is 0 Å². The number of ether oxygens (including phenoxy) is 1. The first-order chi connectivity index (χ1) is 16.1. The van der Waals surface area contributed by atoms with Crippen molar-refractivity contribution in [1.29, 1.82) is 0 Å². The van der Waals surface area contributed by atoms with Crippen molar-refractivity contribution in [3.63, 3.8) is 0 Å². The monoisotopic (exact) mass is 436 g/mol. The maximum Gasteiger partial charge on any atom is 0.174 e. The Hall–Kier alpha value is -3.69. The summed E-state index contributed by atoms with van der Waals surface area (Å²) in [6.07, 6.45) is 15.5. The molecule has 0 saturated carbocycles. The van der Waals surface area contributed by atoms with Crippen molar-refractivity contribution in [2.45, 2.75) is 13.3 Å². The Balaban J connectivity index is 1.86. The van der Waals surface area contributed by atoms with Crippen LogP contribution in [0.5, 0.6) is 5.75 Å². The normalized spacial score (nSPS) is 19.6. The molecule has 1 spiro atoms. The van der Waals surface area contributed by atoms with Gasteiger partial charge in [0.2, 0.25) is 0 Å². The molecule has 0 radical (unpaired) electrons. The maximum atomic E-state index is 13.6. The lowest BCUT2D eigenvalue weighted by Gasteiger charge is -2.32. The third-order valence-electron chi connectivity index (χ3n) is 6.04. The molecule has 166 valence electrons. The molecule has 0 aromatic heterocycles. The van der Waals surface area contributed by atoms with Crippen LogP contribution < -0.4 is 4.74 Å². The van der Waals surface area contributed by atoms with Crippen LogP contribution in [0.15, 0.2) is 109 Å². The van der Waals surface area contributed by atoms with Gasteiger partial charge >= 0.3 is 0 Å². The number of aryl methyl sites for hydroxylation is 1. The van der Waals surface area contributed by atoms with Crippen molar-refractivity contribution in [1.82, 2.24) is 0 Å². The Kier molecular flexibility index (Phi) is 6.71. The zero-order valence-corrected chi connectivity index (χ0v) is 18.8. The minimum Gasteiger partial charge on any atom is -0.489 e. The standard InChI is InChI=1S/C30H28O3/c1-3-20-33-28-9-5-4-8-25(28)27-21-24(17-19-31)26(30(27)18-7-6-10-29(30)32)16-15-23-13-11-22(2)12-14-23/h3-16,18,21,31H,1,17,19-20H2,2H3/b16-15+. The molecule has 0 amide bonds. The van der Waals surface area contributed by atoms with Gasteiger partial charge in [-0.15, -0.1) is 0 Å². The van der Waals surface area contributed by atoms with Crippen LogP contribution in [0.3, 0.4) is 0 Å². The summed E-state index contributed by atoms with van der Waals surface area (Å²) in [6, 6.07) is 16.0. The first kappa shape index (κ1) is 22.5. The Bertz CT molecular complexity index is 1210. The van der Waals surface area contributed by atoms with Crippen LogP contribution in [0, 0.1) is 12.3 Å². The molecule has 0 bridgehead atoms. The van der Waals surface area contributed by atoms with E-state index in [4.69, 9.17) is 4.74 Å². The number of rotatable bonds is 8. The molecule has 1 unspecified atom stereocenters. The summed E-state index contributed by atoms with van der Waals surface area (Å²) in [7, 11) is 0. The predicted octanol–water partition coefficient (Wildman–Crippen LogP) is 6.03. The van der Waals surface area contributed by atoms with Crippen molar-refractivity contribution < 1.29 is 14.6 Å². The molecule has 3 heteroatoms. The van der Waals surface area contributed by atoms with Crippen LogP contribution in [0.4, 0.5) is 0 Å². The molecule has 2 aliphatic carbocycles. The summed E-state index contributed by atoms with van der Waals surface area (Å²) in [5.74, 6) is 0.692. The fourth-order valence-corrected chi connectivity index (χ4v) is 4.44. The molecular weight excluding hydrogens is 408 g/mol. The number of aliphatic hydroxyl groups is 1. The van der Waals surface area contributed by atoms with Gasteiger partial charge in [0.05, 0.1) is 0 Å². The SMILES string of the molecule is C=CCOc1ccccc1C1=CC(CCO)=C(/C=C/c2ccc(C)cc2)C12C=CC=CC2=O. The first-order valence-corrected chi connectivity index (χ1v) is 11.1. The largest absolute Gasteiger partial charge is 0.489 e. The van der Waals surface area contributed by atoms with E-state index < -0.39 is 5.41 Å². The summed E-state index contributed by atoms with van der Waals surface area (Å²) in [5.41, 5.74) is 4.84. The van der Waals surface area contributed by atoms with Gasteiger partial charge in [0, 0.05) is 12.2 Å². The average molecular weight is 437 g/mol. The van der Waals surface area contributed by atoms with Gasteiger partial charge in [-0.3, -0.25) is 4.79 Å². The summed E-state index contributed by atoms with van der Waals surface area (Å²) >= 11 is 0. The molecule has 2 aromatic rings. The highest BCUT2D eigenvalue weighted by atomic mass is 16.5. The van der Waals surface area contributed by atoms with Crippen molar-refractivity contribution >= 4 is 17.4 Å². The fourth-order valence-electron chi connectivity index (χ4n) is 4.44. The van der Waals surface area contributed by atoms with Gasteiger partial charge < -0.3 is 9.84 Å². The smallest absolute Gasteiger partial charge is 0.174 e. The van der Waals surface area contributed by atoms with Gasteiger partial charge in [0.15, 0.2) is 5.78 Å². The number of carbonyl (C=O) groups excluding carboxylic acids is 1. The molecule has 0 heterocycles. The first-order valence-electron chi connectivity index (χ1n) is 11.1. The Labute approximate surface area is 195 Å². The van der Waals surface area contributed by atoms with Crippen molar-refractivity contribution in [2.24, 2.45) is 5.41 Å². The second-order valence-electron chi connectivity index (χ2n) is 8.20. The molecule has 1 atom stereocenters. The van der Waals surface area contributed by atoms with Crippen LogP contribution in [-0.4, -0.2) is 24.1 Å². The molecule has 1 N–H and O–H groups in total. The highest BCUT2D eigenvalue weighted by Gasteiger charge is 2.47. The molecule has 0 aliphatic heterocycles. The van der Waals surface area contributed by atoms with Crippen LogP contribution in [-0.2, 0) is 4.79 Å². The van der Waals surface area contributed by atoms with Crippen LogP contribution >= 0.6 is 0 Å². The molecule has 2 aliphatic rings. The molecule has 3 nitrogen and oxygen atoms in total. The molecule has 0 fully saturated rings. The Morgan fingerprint density at radius 3 is 2.58 bits per heavy atom.